The van der Waals surface area contributed by atoms with Gasteiger partial charge in [-0.05, 0) is 18.2 Å². The number of nitrogens with two attached hydrogens (primary N) is 1. The first-order chi connectivity index (χ1) is 15.7. The standard InChI is InChI=1S/C18H13Cl2N5O4S4/c19-6-1-2-8(20)9(3-6)31-5-10(26)22-11-15(27)25-12(17(28)29)7(4-32-16(11)25)13(30)14-23-24-18(21)33-14/h1-3,11,16H,4-5H2,(H2,21,24)(H,22,26)(H,28,29)/t11?,16-/m0/s1. The third-order valence-electron chi connectivity index (χ3n) is 4.65. The molecule has 0 saturated carbocycles. The number of hydrogen-bond acceptors (Lipinski definition) is 10. The number of rotatable bonds is 7. The fourth-order valence-corrected chi connectivity index (χ4v) is 6.86. The Morgan fingerprint density at radius 1 is 1.36 bits per heavy atom. The molecule has 2 aliphatic heterocycles. The quantitative estimate of drug-likeness (QED) is 0.200. The van der Waals surface area contributed by atoms with Gasteiger partial charge in [-0.25, -0.2) is 4.79 Å². The second-order valence-corrected chi connectivity index (χ2v) is 11.1. The Morgan fingerprint density at radius 3 is 2.79 bits per heavy atom. The summed E-state index contributed by atoms with van der Waals surface area (Å²) in [5.74, 6) is -1.97. The first-order valence-electron chi connectivity index (χ1n) is 9.09. The molecular formula is C18H13Cl2N5O4S4. The molecule has 0 radical (unpaired) electrons. The summed E-state index contributed by atoms with van der Waals surface area (Å²) in [4.78, 5) is 39.2. The van der Waals surface area contributed by atoms with Crippen LogP contribution in [0.3, 0.4) is 0 Å². The van der Waals surface area contributed by atoms with Crippen molar-refractivity contribution in [1.82, 2.24) is 20.4 Å². The van der Waals surface area contributed by atoms with Gasteiger partial charge in [0.25, 0.3) is 5.91 Å². The van der Waals surface area contributed by atoms with Crippen LogP contribution in [0.25, 0.3) is 0 Å². The predicted molar refractivity (Wildman–Crippen MR) is 133 cm³/mol. The Kier molecular flexibility index (Phi) is 7.17. The van der Waals surface area contributed by atoms with Crippen molar-refractivity contribution in [3.63, 3.8) is 0 Å². The molecular weight excluding hydrogens is 549 g/mol. The zero-order valence-electron chi connectivity index (χ0n) is 16.3. The molecule has 2 atom stereocenters. The summed E-state index contributed by atoms with van der Waals surface area (Å²) >= 11 is 21.0. The van der Waals surface area contributed by atoms with E-state index in [0.717, 1.165) is 16.2 Å². The molecule has 1 unspecified atom stereocenters. The summed E-state index contributed by atoms with van der Waals surface area (Å²) in [6.45, 7) is 0. The van der Waals surface area contributed by atoms with Gasteiger partial charge < -0.3 is 16.2 Å². The lowest BCUT2D eigenvalue weighted by molar-refractivity contribution is -0.150. The third kappa shape index (κ3) is 4.84. The molecule has 2 aromatic rings. The number of halogens is 2. The number of carbonyl (C=O) groups is 3. The van der Waals surface area contributed by atoms with Crippen LogP contribution in [0.2, 0.25) is 10.0 Å². The Balaban J connectivity index is 1.45. The van der Waals surface area contributed by atoms with E-state index >= 15 is 0 Å². The van der Waals surface area contributed by atoms with E-state index in [9.17, 15) is 19.5 Å². The number of thiocarbonyl (C=S) groups is 1. The van der Waals surface area contributed by atoms with Gasteiger partial charge in [-0.15, -0.1) is 33.7 Å². The van der Waals surface area contributed by atoms with Crippen molar-refractivity contribution in [3.05, 3.63) is 44.5 Å². The number of carboxylic acids is 1. The number of benzene rings is 1. The number of nitrogen functional groups attached to an aromatic ring is 1. The lowest BCUT2D eigenvalue weighted by atomic mass is 10.0. The van der Waals surface area contributed by atoms with Crippen LogP contribution in [0.4, 0.5) is 5.13 Å². The van der Waals surface area contributed by atoms with Crippen LogP contribution in [0.5, 0.6) is 0 Å². The predicted octanol–water partition coefficient (Wildman–Crippen LogP) is 2.68. The largest absolute Gasteiger partial charge is 0.477 e. The summed E-state index contributed by atoms with van der Waals surface area (Å²) in [6.07, 6.45) is 0. The number of amides is 2. The van der Waals surface area contributed by atoms with Gasteiger partial charge in [0.05, 0.1) is 15.6 Å². The highest BCUT2D eigenvalue weighted by molar-refractivity contribution is 8.00. The average molecular weight is 563 g/mol. The fourth-order valence-electron chi connectivity index (χ4n) is 3.19. The molecule has 4 N–H and O–H groups in total. The lowest BCUT2D eigenvalue weighted by Crippen LogP contribution is -2.70. The smallest absolute Gasteiger partial charge is 0.353 e. The Hall–Kier alpha value is -1.90. The van der Waals surface area contributed by atoms with E-state index in [2.05, 4.69) is 15.5 Å². The van der Waals surface area contributed by atoms with Crippen molar-refractivity contribution in [2.75, 3.05) is 17.2 Å². The number of hydrogen-bond donors (Lipinski definition) is 3. The van der Waals surface area contributed by atoms with Gasteiger partial charge in [-0.2, -0.15) is 0 Å². The molecule has 33 heavy (non-hydrogen) atoms. The normalized spacial score (nSPS) is 19.7. The number of thioether (sulfide) groups is 2. The molecule has 1 fully saturated rings. The highest BCUT2D eigenvalue weighted by atomic mass is 35.5. The SMILES string of the molecule is Nc1nnc(C(=S)C2=C(C(=O)O)N3C(=O)C(NC(=O)CSc4cc(Cl)ccc4Cl)[C@@H]3SC2)s1. The Bertz CT molecular complexity index is 1220. The molecule has 2 aliphatic rings. The summed E-state index contributed by atoms with van der Waals surface area (Å²) in [6, 6.07) is 4.08. The van der Waals surface area contributed by atoms with Gasteiger partial charge in [-0.3, -0.25) is 14.5 Å². The van der Waals surface area contributed by atoms with E-state index in [1.54, 1.807) is 18.2 Å². The summed E-state index contributed by atoms with van der Waals surface area (Å²) in [7, 11) is 0. The number of β-lactam (4-membered cyclic amide) rings is 1. The number of carboxylic acid groups (broad SMARTS) is 1. The Labute approximate surface area is 215 Å². The minimum absolute atomic E-state index is 0.0106. The molecule has 2 amide bonds. The molecule has 3 heterocycles. The second-order valence-electron chi connectivity index (χ2n) is 6.73. The summed E-state index contributed by atoms with van der Waals surface area (Å²) in [5, 5.41) is 20.9. The van der Waals surface area contributed by atoms with Crippen LogP contribution >= 0.6 is 70.3 Å². The van der Waals surface area contributed by atoms with Crippen molar-refractivity contribution in [3.8, 4) is 0 Å². The van der Waals surface area contributed by atoms with Gasteiger partial charge in [0.1, 0.15) is 17.1 Å². The van der Waals surface area contributed by atoms with Gasteiger partial charge in [0, 0.05) is 21.2 Å². The molecule has 1 aromatic carbocycles. The van der Waals surface area contributed by atoms with E-state index < -0.39 is 23.3 Å². The van der Waals surface area contributed by atoms with Crippen molar-refractivity contribution in [2.45, 2.75) is 16.3 Å². The monoisotopic (exact) mass is 561 g/mol. The maximum Gasteiger partial charge on any atom is 0.353 e. The Morgan fingerprint density at radius 2 is 2.12 bits per heavy atom. The highest BCUT2D eigenvalue weighted by Gasteiger charge is 2.54. The first kappa shape index (κ1) is 24.2. The third-order valence-corrected chi connectivity index (χ3v) is 9.00. The zero-order valence-corrected chi connectivity index (χ0v) is 21.1. The second kappa shape index (κ2) is 9.76. The number of carbonyl (C=O) groups excluding carboxylic acids is 2. The van der Waals surface area contributed by atoms with Crippen LogP contribution < -0.4 is 11.1 Å². The minimum Gasteiger partial charge on any atom is -0.477 e. The molecule has 4 rings (SSSR count). The van der Waals surface area contributed by atoms with E-state index in [1.807, 2.05) is 0 Å². The van der Waals surface area contributed by atoms with E-state index in [4.69, 9.17) is 41.2 Å². The molecule has 9 nitrogen and oxygen atoms in total. The maximum atomic E-state index is 12.8. The number of aliphatic carboxylic acids is 1. The van der Waals surface area contributed by atoms with Crippen LogP contribution in [0, 0.1) is 0 Å². The molecule has 15 heteroatoms. The summed E-state index contributed by atoms with van der Waals surface area (Å²) in [5.41, 5.74) is 5.67. The fraction of sp³-hybridized carbons (Fsp3) is 0.222. The number of nitrogens with zero attached hydrogens (tertiary/aromatic N) is 3. The lowest BCUT2D eigenvalue weighted by Gasteiger charge is -2.49. The molecule has 0 bridgehead atoms. The van der Waals surface area contributed by atoms with E-state index in [1.165, 1.54) is 23.5 Å². The van der Waals surface area contributed by atoms with Crippen LogP contribution in [0.15, 0.2) is 34.4 Å². The minimum atomic E-state index is -1.29. The highest BCUT2D eigenvalue weighted by Crippen LogP contribution is 2.41. The number of nitrogens with one attached hydrogen (secondary N) is 1. The van der Waals surface area contributed by atoms with Crippen molar-refractivity contribution in [1.29, 1.82) is 0 Å². The summed E-state index contributed by atoms with van der Waals surface area (Å²) < 4.78 is 0. The molecule has 0 spiro atoms. The van der Waals surface area contributed by atoms with E-state index in [0.29, 0.717) is 25.5 Å². The molecule has 0 aliphatic carbocycles. The van der Waals surface area contributed by atoms with Crippen molar-refractivity contribution in [2.24, 2.45) is 0 Å². The first-order valence-corrected chi connectivity index (χ1v) is 13.1. The van der Waals surface area contributed by atoms with E-state index in [-0.39, 0.29) is 33.1 Å². The number of aromatic nitrogens is 2. The molecule has 1 saturated heterocycles. The van der Waals surface area contributed by atoms with Crippen LogP contribution in [-0.4, -0.2) is 65.8 Å². The van der Waals surface area contributed by atoms with Gasteiger partial charge in [0.15, 0.2) is 5.01 Å². The number of anilines is 1. The topological polar surface area (TPSA) is 139 Å². The zero-order chi connectivity index (χ0) is 23.9. The van der Waals surface area contributed by atoms with Gasteiger partial charge in [-0.1, -0.05) is 46.8 Å². The van der Waals surface area contributed by atoms with Crippen LogP contribution in [0.1, 0.15) is 5.01 Å². The molecule has 1 aromatic heterocycles. The van der Waals surface area contributed by atoms with Crippen molar-refractivity contribution < 1.29 is 19.5 Å². The molecule has 172 valence electrons. The average Bonchev–Trinajstić information content (AvgIpc) is 3.22. The maximum absolute atomic E-state index is 12.8. The van der Waals surface area contributed by atoms with Gasteiger partial charge in [0.2, 0.25) is 11.0 Å². The van der Waals surface area contributed by atoms with Gasteiger partial charge >= 0.3 is 5.97 Å². The van der Waals surface area contributed by atoms with Crippen LogP contribution in [-0.2, 0) is 14.4 Å². The number of fused-ring (bicyclic) bond motifs is 1. The van der Waals surface area contributed by atoms with Crippen molar-refractivity contribution >= 4 is 98.1 Å².